The topological polar surface area (TPSA) is 67.2 Å². The van der Waals surface area contributed by atoms with E-state index in [1.54, 1.807) is 4.90 Å². The minimum absolute atomic E-state index is 0.0323. The molecule has 182 valence electrons. The van der Waals surface area contributed by atoms with Gasteiger partial charge in [-0.2, -0.15) is 5.10 Å². The van der Waals surface area contributed by atoms with Crippen LogP contribution in [0.1, 0.15) is 61.4 Å². The molecule has 1 N–H and O–H groups in total. The predicted octanol–water partition coefficient (Wildman–Crippen LogP) is 5.20. The van der Waals surface area contributed by atoms with E-state index < -0.39 is 6.04 Å². The van der Waals surface area contributed by atoms with Crippen LogP contribution in [0.3, 0.4) is 0 Å². The quantitative estimate of drug-likeness (QED) is 0.502. The van der Waals surface area contributed by atoms with Crippen molar-refractivity contribution in [2.24, 2.45) is 0 Å². The van der Waals surface area contributed by atoms with Gasteiger partial charge in [-0.05, 0) is 37.5 Å². The van der Waals surface area contributed by atoms with E-state index in [1.165, 1.54) is 24.6 Å². The Hall–Kier alpha value is -3.06. The van der Waals surface area contributed by atoms with Crippen LogP contribution in [-0.4, -0.2) is 38.3 Å². The number of amides is 2. The lowest BCUT2D eigenvalue weighted by molar-refractivity contribution is -0.140. The van der Waals surface area contributed by atoms with Crippen molar-refractivity contribution >= 4 is 23.6 Å². The highest BCUT2D eigenvalue weighted by atomic mass is 32.2. The van der Waals surface area contributed by atoms with Gasteiger partial charge in [-0.15, -0.1) is 0 Å². The van der Waals surface area contributed by atoms with Crippen LogP contribution in [0, 0.1) is 6.92 Å². The average molecular weight is 489 g/mol. The standard InChI is InChI=1S/C28H32N4O2S/c1-20-25-26(27(34)29-22-14-8-2-3-9-15-22)31(18-21-12-6-4-7-13-21)24(33)19-35-28(25)32(30-20)23-16-10-5-11-17-23/h4-7,10-13,16-17,22,26H,2-3,8-9,14-15,18-19H2,1H3,(H,29,34). The van der Waals surface area contributed by atoms with E-state index in [9.17, 15) is 9.59 Å². The molecule has 0 saturated heterocycles. The average Bonchev–Trinajstić information content (AvgIpc) is 3.02. The summed E-state index contributed by atoms with van der Waals surface area (Å²) in [5, 5.41) is 9.05. The second kappa shape index (κ2) is 10.7. The Bertz CT molecular complexity index is 1170. The SMILES string of the molecule is Cc1nn(-c2ccccc2)c2c1C(C(=O)NC1CCCCCC1)N(Cc1ccccc1)C(=O)CS2. The Labute approximate surface area is 211 Å². The molecule has 7 heteroatoms. The molecule has 1 unspecified atom stereocenters. The fourth-order valence-electron chi connectivity index (χ4n) is 5.16. The van der Waals surface area contributed by atoms with E-state index in [1.807, 2.05) is 72.3 Å². The molecule has 1 saturated carbocycles. The molecule has 0 spiro atoms. The molecule has 2 heterocycles. The normalized spacial score (nSPS) is 19.1. The molecular formula is C28H32N4O2S. The molecular weight excluding hydrogens is 456 g/mol. The fourth-order valence-corrected chi connectivity index (χ4v) is 6.27. The predicted molar refractivity (Wildman–Crippen MR) is 138 cm³/mol. The first-order valence-electron chi connectivity index (χ1n) is 12.5. The fraction of sp³-hybridized carbons (Fsp3) is 0.393. The first-order valence-corrected chi connectivity index (χ1v) is 13.5. The number of nitrogens with zero attached hydrogens (tertiary/aromatic N) is 3. The summed E-state index contributed by atoms with van der Waals surface area (Å²) >= 11 is 1.47. The molecule has 35 heavy (non-hydrogen) atoms. The van der Waals surface area contributed by atoms with Crippen LogP contribution in [0.25, 0.3) is 5.69 Å². The lowest BCUT2D eigenvalue weighted by Gasteiger charge is -2.31. The molecule has 2 aromatic carbocycles. The summed E-state index contributed by atoms with van der Waals surface area (Å²) in [6.45, 7) is 2.33. The van der Waals surface area contributed by atoms with E-state index in [0.29, 0.717) is 6.54 Å². The number of carbonyl (C=O) groups excluding carboxylic acids is 2. The number of thioether (sulfide) groups is 1. The summed E-state index contributed by atoms with van der Waals surface area (Å²) < 4.78 is 1.89. The number of rotatable bonds is 5. The van der Waals surface area contributed by atoms with E-state index in [4.69, 9.17) is 5.10 Å². The Kier molecular flexibility index (Phi) is 7.23. The Balaban J connectivity index is 1.57. The number of aromatic nitrogens is 2. The molecule has 3 aromatic rings. The van der Waals surface area contributed by atoms with Crippen molar-refractivity contribution in [1.29, 1.82) is 0 Å². The van der Waals surface area contributed by atoms with Gasteiger partial charge in [0.05, 0.1) is 17.1 Å². The molecule has 1 aliphatic carbocycles. The highest BCUT2D eigenvalue weighted by Crippen LogP contribution is 2.39. The highest BCUT2D eigenvalue weighted by Gasteiger charge is 2.40. The van der Waals surface area contributed by atoms with Crippen LogP contribution < -0.4 is 5.32 Å². The van der Waals surface area contributed by atoms with Gasteiger partial charge in [0, 0.05) is 18.2 Å². The third kappa shape index (κ3) is 5.15. The minimum atomic E-state index is -0.714. The third-order valence-corrected chi connectivity index (χ3v) is 8.00. The molecule has 1 atom stereocenters. The molecule has 2 aliphatic rings. The Morgan fingerprint density at radius 2 is 1.66 bits per heavy atom. The van der Waals surface area contributed by atoms with Gasteiger partial charge < -0.3 is 10.2 Å². The number of benzene rings is 2. The zero-order valence-electron chi connectivity index (χ0n) is 20.2. The molecule has 1 aromatic heterocycles. The van der Waals surface area contributed by atoms with Crippen molar-refractivity contribution in [1.82, 2.24) is 20.0 Å². The van der Waals surface area contributed by atoms with Gasteiger partial charge in [0.2, 0.25) is 11.8 Å². The lowest BCUT2D eigenvalue weighted by atomic mass is 10.0. The number of hydrogen-bond donors (Lipinski definition) is 1. The minimum Gasteiger partial charge on any atom is -0.351 e. The number of para-hydroxylation sites is 1. The number of carbonyl (C=O) groups is 2. The van der Waals surface area contributed by atoms with Crippen molar-refractivity contribution in [3.8, 4) is 5.69 Å². The van der Waals surface area contributed by atoms with Crippen molar-refractivity contribution in [3.63, 3.8) is 0 Å². The van der Waals surface area contributed by atoms with Crippen molar-refractivity contribution < 1.29 is 9.59 Å². The summed E-state index contributed by atoms with van der Waals surface area (Å²) in [6, 6.07) is 19.3. The maximum absolute atomic E-state index is 14.0. The summed E-state index contributed by atoms with van der Waals surface area (Å²) in [5.41, 5.74) is 3.56. The van der Waals surface area contributed by atoms with E-state index >= 15 is 0 Å². The number of nitrogens with one attached hydrogen (secondary N) is 1. The third-order valence-electron chi connectivity index (χ3n) is 6.95. The van der Waals surface area contributed by atoms with Gasteiger partial charge in [0.1, 0.15) is 11.1 Å². The van der Waals surface area contributed by atoms with Crippen LogP contribution in [0.4, 0.5) is 0 Å². The first kappa shape index (κ1) is 23.7. The molecule has 6 nitrogen and oxygen atoms in total. The van der Waals surface area contributed by atoms with Crippen LogP contribution in [-0.2, 0) is 16.1 Å². The van der Waals surface area contributed by atoms with Gasteiger partial charge in [0.15, 0.2) is 0 Å². The van der Waals surface area contributed by atoms with Crippen molar-refractivity contribution in [2.75, 3.05) is 5.75 Å². The van der Waals surface area contributed by atoms with E-state index in [0.717, 1.165) is 53.2 Å². The number of fused-ring (bicyclic) bond motifs is 1. The molecule has 1 fully saturated rings. The second-order valence-corrected chi connectivity index (χ2v) is 10.4. The van der Waals surface area contributed by atoms with Crippen LogP contribution in [0.2, 0.25) is 0 Å². The summed E-state index contributed by atoms with van der Waals surface area (Å²) in [6.07, 6.45) is 6.70. The van der Waals surface area contributed by atoms with Crippen molar-refractivity contribution in [2.45, 2.75) is 69.1 Å². The highest BCUT2D eigenvalue weighted by molar-refractivity contribution is 8.00. The van der Waals surface area contributed by atoms with Crippen LogP contribution >= 0.6 is 11.8 Å². The Morgan fingerprint density at radius 1 is 1.00 bits per heavy atom. The Morgan fingerprint density at radius 3 is 2.34 bits per heavy atom. The van der Waals surface area contributed by atoms with Gasteiger partial charge in [-0.3, -0.25) is 9.59 Å². The van der Waals surface area contributed by atoms with Crippen LogP contribution in [0.5, 0.6) is 0 Å². The van der Waals surface area contributed by atoms with E-state index in [-0.39, 0.29) is 23.6 Å². The maximum Gasteiger partial charge on any atom is 0.247 e. The first-order chi connectivity index (χ1) is 17.1. The molecule has 0 bridgehead atoms. The summed E-state index contributed by atoms with van der Waals surface area (Å²) in [4.78, 5) is 29.2. The molecule has 1 aliphatic heterocycles. The summed E-state index contributed by atoms with van der Waals surface area (Å²) in [5.74, 6) is 0.140. The number of hydrogen-bond acceptors (Lipinski definition) is 4. The largest absolute Gasteiger partial charge is 0.351 e. The molecule has 2 amide bonds. The van der Waals surface area contributed by atoms with Crippen LogP contribution in [0.15, 0.2) is 65.7 Å². The van der Waals surface area contributed by atoms with Gasteiger partial charge >= 0.3 is 0 Å². The maximum atomic E-state index is 14.0. The second-order valence-electron chi connectivity index (χ2n) is 9.45. The zero-order chi connectivity index (χ0) is 24.2. The van der Waals surface area contributed by atoms with Gasteiger partial charge in [-0.25, -0.2) is 4.68 Å². The molecule has 5 rings (SSSR count). The van der Waals surface area contributed by atoms with E-state index in [2.05, 4.69) is 5.32 Å². The van der Waals surface area contributed by atoms with Crippen molar-refractivity contribution in [3.05, 3.63) is 77.5 Å². The lowest BCUT2D eigenvalue weighted by Crippen LogP contribution is -2.46. The molecule has 0 radical (unpaired) electrons. The summed E-state index contributed by atoms with van der Waals surface area (Å²) in [7, 11) is 0. The van der Waals surface area contributed by atoms with Gasteiger partial charge in [0.25, 0.3) is 0 Å². The number of aryl methyl sites for hydroxylation is 1. The van der Waals surface area contributed by atoms with Gasteiger partial charge in [-0.1, -0.05) is 86.0 Å². The monoisotopic (exact) mass is 488 g/mol. The smallest absolute Gasteiger partial charge is 0.247 e. The zero-order valence-corrected chi connectivity index (χ0v) is 21.0.